The van der Waals surface area contributed by atoms with E-state index in [0.717, 1.165) is 24.1 Å². The Balaban J connectivity index is 1.96. The summed E-state index contributed by atoms with van der Waals surface area (Å²) in [5.74, 6) is 0.959. The maximum Gasteiger partial charge on any atom is 0.241 e. The Morgan fingerprint density at radius 1 is 1.43 bits per heavy atom. The highest BCUT2D eigenvalue weighted by Crippen LogP contribution is 2.39. The molecule has 3 rings (SSSR count). The van der Waals surface area contributed by atoms with Crippen LogP contribution in [0.5, 0.6) is 0 Å². The predicted octanol–water partition coefficient (Wildman–Crippen LogP) is 1.61. The van der Waals surface area contributed by atoms with Crippen molar-refractivity contribution in [2.45, 2.75) is 32.2 Å². The second-order valence-corrected chi connectivity index (χ2v) is 5.10. The van der Waals surface area contributed by atoms with Crippen LogP contribution in [-0.2, 0) is 17.6 Å². The fourth-order valence-electron chi connectivity index (χ4n) is 2.71. The van der Waals surface area contributed by atoms with Crippen LogP contribution >= 0.6 is 0 Å². The standard InChI is InChI=1S/C15H18N4O2/c1-2-5-13-17-18-15(21-13)12-8-10-6-3-4-7-11(10)19(12)14(20)9-16/h3-4,6-7,12H,2,5,8-9,16H2,1H3/t12-/m0/s1. The zero-order valence-electron chi connectivity index (χ0n) is 12.0. The first-order valence-electron chi connectivity index (χ1n) is 7.17. The van der Waals surface area contributed by atoms with Crippen LogP contribution in [0.4, 0.5) is 5.69 Å². The van der Waals surface area contributed by atoms with Crippen molar-refractivity contribution in [3.63, 3.8) is 0 Å². The van der Waals surface area contributed by atoms with Gasteiger partial charge >= 0.3 is 0 Å². The van der Waals surface area contributed by atoms with E-state index in [1.807, 2.05) is 24.3 Å². The van der Waals surface area contributed by atoms with E-state index in [2.05, 4.69) is 17.1 Å². The summed E-state index contributed by atoms with van der Waals surface area (Å²) in [6.45, 7) is 2.01. The van der Waals surface area contributed by atoms with Crippen LogP contribution in [0, 0.1) is 0 Å². The number of fused-ring (bicyclic) bond motifs is 1. The average Bonchev–Trinajstić information content (AvgIpc) is 3.10. The third-order valence-electron chi connectivity index (χ3n) is 3.65. The summed E-state index contributed by atoms with van der Waals surface area (Å²) < 4.78 is 5.71. The fourth-order valence-corrected chi connectivity index (χ4v) is 2.71. The van der Waals surface area contributed by atoms with Gasteiger partial charge in [-0.25, -0.2) is 0 Å². The summed E-state index contributed by atoms with van der Waals surface area (Å²) >= 11 is 0. The highest BCUT2D eigenvalue weighted by atomic mass is 16.4. The number of para-hydroxylation sites is 1. The lowest BCUT2D eigenvalue weighted by Crippen LogP contribution is -2.37. The summed E-state index contributed by atoms with van der Waals surface area (Å²) in [5.41, 5.74) is 7.52. The monoisotopic (exact) mass is 286 g/mol. The van der Waals surface area contributed by atoms with Crippen molar-refractivity contribution in [2.24, 2.45) is 5.73 Å². The third-order valence-corrected chi connectivity index (χ3v) is 3.65. The Labute approximate surface area is 123 Å². The van der Waals surface area contributed by atoms with Crippen LogP contribution < -0.4 is 10.6 Å². The molecular formula is C15H18N4O2. The lowest BCUT2D eigenvalue weighted by atomic mass is 10.1. The van der Waals surface area contributed by atoms with Crippen molar-refractivity contribution in [1.82, 2.24) is 10.2 Å². The molecule has 0 aliphatic carbocycles. The summed E-state index contributed by atoms with van der Waals surface area (Å²) in [6, 6.07) is 7.55. The quantitative estimate of drug-likeness (QED) is 0.923. The Kier molecular flexibility index (Phi) is 3.70. The number of carbonyl (C=O) groups excluding carboxylic acids is 1. The number of rotatable bonds is 4. The maximum atomic E-state index is 12.2. The number of nitrogens with zero attached hydrogens (tertiary/aromatic N) is 3. The molecule has 0 bridgehead atoms. The SMILES string of the molecule is CCCc1nnc([C@@H]2Cc3ccccc3N2C(=O)CN)o1. The first-order valence-corrected chi connectivity index (χ1v) is 7.17. The van der Waals surface area contributed by atoms with Gasteiger partial charge < -0.3 is 10.2 Å². The second kappa shape index (κ2) is 5.65. The molecule has 21 heavy (non-hydrogen) atoms. The van der Waals surface area contributed by atoms with Crippen LogP contribution in [0.3, 0.4) is 0 Å². The van der Waals surface area contributed by atoms with Crippen molar-refractivity contribution < 1.29 is 9.21 Å². The van der Waals surface area contributed by atoms with E-state index in [4.69, 9.17) is 10.2 Å². The second-order valence-electron chi connectivity index (χ2n) is 5.10. The van der Waals surface area contributed by atoms with Crippen molar-refractivity contribution in [3.8, 4) is 0 Å². The number of amides is 1. The largest absolute Gasteiger partial charge is 0.423 e. The van der Waals surface area contributed by atoms with E-state index in [0.29, 0.717) is 18.2 Å². The van der Waals surface area contributed by atoms with E-state index in [1.54, 1.807) is 4.90 Å². The fraction of sp³-hybridized carbons (Fsp3) is 0.400. The zero-order valence-corrected chi connectivity index (χ0v) is 12.0. The molecule has 1 aliphatic rings. The molecule has 1 aromatic carbocycles. The molecule has 2 N–H and O–H groups in total. The molecular weight excluding hydrogens is 268 g/mol. The predicted molar refractivity (Wildman–Crippen MR) is 77.7 cm³/mol. The number of nitrogens with two attached hydrogens (primary N) is 1. The minimum atomic E-state index is -0.253. The average molecular weight is 286 g/mol. The van der Waals surface area contributed by atoms with Crippen LogP contribution in [0.2, 0.25) is 0 Å². The molecule has 0 saturated carbocycles. The molecule has 0 saturated heterocycles. The van der Waals surface area contributed by atoms with Crippen LogP contribution in [0.25, 0.3) is 0 Å². The van der Waals surface area contributed by atoms with E-state index >= 15 is 0 Å². The molecule has 1 amide bonds. The zero-order chi connectivity index (χ0) is 14.8. The minimum Gasteiger partial charge on any atom is -0.423 e. The summed E-state index contributed by atoms with van der Waals surface area (Å²) in [4.78, 5) is 13.9. The van der Waals surface area contributed by atoms with Crippen LogP contribution in [0.1, 0.15) is 36.7 Å². The van der Waals surface area contributed by atoms with Gasteiger partial charge in [-0.3, -0.25) is 9.69 Å². The highest BCUT2D eigenvalue weighted by molar-refractivity contribution is 5.97. The minimum absolute atomic E-state index is 0.0409. The maximum absolute atomic E-state index is 12.2. The molecule has 0 spiro atoms. The third kappa shape index (κ3) is 2.42. The molecule has 6 nitrogen and oxygen atoms in total. The molecule has 1 atom stereocenters. The number of carbonyl (C=O) groups is 1. The van der Waals surface area contributed by atoms with Gasteiger partial charge in [0.1, 0.15) is 6.04 Å². The smallest absolute Gasteiger partial charge is 0.241 e. The van der Waals surface area contributed by atoms with Crippen molar-refractivity contribution in [3.05, 3.63) is 41.6 Å². The van der Waals surface area contributed by atoms with Crippen LogP contribution in [0.15, 0.2) is 28.7 Å². The van der Waals surface area contributed by atoms with Gasteiger partial charge in [0, 0.05) is 18.5 Å². The van der Waals surface area contributed by atoms with Gasteiger partial charge in [0.25, 0.3) is 0 Å². The summed E-state index contributed by atoms with van der Waals surface area (Å²) in [7, 11) is 0. The van der Waals surface area contributed by atoms with Crippen molar-refractivity contribution in [1.29, 1.82) is 0 Å². The number of aryl methyl sites for hydroxylation is 1. The van der Waals surface area contributed by atoms with Crippen molar-refractivity contribution >= 4 is 11.6 Å². The highest BCUT2D eigenvalue weighted by Gasteiger charge is 2.37. The molecule has 2 aromatic rings. The number of hydrogen-bond acceptors (Lipinski definition) is 5. The Morgan fingerprint density at radius 3 is 3.00 bits per heavy atom. The van der Waals surface area contributed by atoms with Crippen LogP contribution in [-0.4, -0.2) is 22.6 Å². The van der Waals surface area contributed by atoms with Gasteiger partial charge in [0.2, 0.25) is 17.7 Å². The normalized spacial score (nSPS) is 17.0. The number of hydrogen-bond donors (Lipinski definition) is 1. The van der Waals surface area contributed by atoms with E-state index in [9.17, 15) is 4.79 Å². The van der Waals surface area contributed by atoms with E-state index in [1.165, 1.54) is 0 Å². The van der Waals surface area contributed by atoms with Crippen molar-refractivity contribution in [2.75, 3.05) is 11.4 Å². The van der Waals surface area contributed by atoms with Gasteiger partial charge in [-0.2, -0.15) is 0 Å². The Hall–Kier alpha value is -2.21. The first kappa shape index (κ1) is 13.8. The van der Waals surface area contributed by atoms with Gasteiger partial charge in [-0.1, -0.05) is 25.1 Å². The molecule has 6 heteroatoms. The Bertz CT molecular complexity index is 653. The molecule has 0 fully saturated rings. The number of anilines is 1. The van der Waals surface area contributed by atoms with Gasteiger partial charge in [0.15, 0.2) is 0 Å². The topological polar surface area (TPSA) is 85.2 Å². The molecule has 0 unspecified atom stereocenters. The first-order chi connectivity index (χ1) is 10.2. The van der Waals surface area contributed by atoms with Gasteiger partial charge in [0.05, 0.1) is 6.54 Å². The van der Waals surface area contributed by atoms with E-state index in [-0.39, 0.29) is 18.5 Å². The number of benzene rings is 1. The summed E-state index contributed by atoms with van der Waals surface area (Å²) in [5, 5.41) is 8.16. The molecule has 1 aromatic heterocycles. The molecule has 2 heterocycles. The lowest BCUT2D eigenvalue weighted by molar-refractivity contribution is -0.117. The van der Waals surface area contributed by atoms with E-state index < -0.39 is 0 Å². The molecule has 1 aliphatic heterocycles. The molecule has 0 radical (unpaired) electrons. The molecule has 110 valence electrons. The Morgan fingerprint density at radius 2 is 2.24 bits per heavy atom. The van der Waals surface area contributed by atoms with Gasteiger partial charge in [-0.05, 0) is 18.1 Å². The van der Waals surface area contributed by atoms with Gasteiger partial charge in [-0.15, -0.1) is 10.2 Å². The number of aromatic nitrogens is 2. The lowest BCUT2D eigenvalue weighted by Gasteiger charge is -2.22. The summed E-state index contributed by atoms with van der Waals surface area (Å²) in [6.07, 6.45) is 2.37.